The van der Waals surface area contributed by atoms with Gasteiger partial charge in [0.2, 0.25) is 0 Å². The average Bonchev–Trinajstić information content (AvgIpc) is 2.40. The highest BCUT2D eigenvalue weighted by atomic mass is 19.1. The number of hydrogen-bond donors (Lipinski definition) is 1. The Morgan fingerprint density at radius 1 is 1.26 bits per heavy atom. The van der Waals surface area contributed by atoms with Gasteiger partial charge in [-0.2, -0.15) is 0 Å². The lowest BCUT2D eigenvalue weighted by atomic mass is 10.1. The summed E-state index contributed by atoms with van der Waals surface area (Å²) in [4.78, 5) is 11.8. The molecule has 98 valence electrons. The van der Waals surface area contributed by atoms with E-state index in [-0.39, 0.29) is 12.4 Å². The molecule has 0 saturated heterocycles. The Bertz CT molecular complexity index is 611. The zero-order valence-corrected chi connectivity index (χ0v) is 10.5. The third-order valence-electron chi connectivity index (χ3n) is 2.82. The number of carbonyl (C=O) groups excluding carboxylic acids is 1. The SMILES string of the molecule is Cc1cc(C(=O)OCc2ccccc2F)ccc1N. The number of nitrogens with two attached hydrogens (primary N) is 1. The highest BCUT2D eigenvalue weighted by molar-refractivity contribution is 5.90. The van der Waals surface area contributed by atoms with E-state index in [0.717, 1.165) is 5.56 Å². The molecule has 0 aromatic heterocycles. The highest BCUT2D eigenvalue weighted by Gasteiger charge is 2.10. The van der Waals surface area contributed by atoms with Crippen LogP contribution in [0.5, 0.6) is 0 Å². The normalized spacial score (nSPS) is 10.2. The van der Waals surface area contributed by atoms with Gasteiger partial charge in [-0.25, -0.2) is 9.18 Å². The Morgan fingerprint density at radius 2 is 2.00 bits per heavy atom. The minimum atomic E-state index is -0.494. The van der Waals surface area contributed by atoms with Crippen molar-refractivity contribution in [2.45, 2.75) is 13.5 Å². The van der Waals surface area contributed by atoms with Crippen molar-refractivity contribution in [3.8, 4) is 0 Å². The molecule has 0 atom stereocenters. The van der Waals surface area contributed by atoms with Crippen LogP contribution in [-0.4, -0.2) is 5.97 Å². The predicted molar refractivity (Wildman–Crippen MR) is 71.1 cm³/mol. The lowest BCUT2D eigenvalue weighted by molar-refractivity contribution is 0.0469. The molecule has 0 fully saturated rings. The van der Waals surface area contributed by atoms with Gasteiger partial charge >= 0.3 is 5.97 Å². The maximum absolute atomic E-state index is 13.4. The van der Waals surface area contributed by atoms with Crippen LogP contribution < -0.4 is 5.73 Å². The van der Waals surface area contributed by atoms with E-state index in [1.807, 2.05) is 6.92 Å². The van der Waals surface area contributed by atoms with E-state index in [4.69, 9.17) is 10.5 Å². The van der Waals surface area contributed by atoms with Crippen LogP contribution in [0.1, 0.15) is 21.5 Å². The van der Waals surface area contributed by atoms with Crippen molar-refractivity contribution < 1.29 is 13.9 Å². The summed E-state index contributed by atoms with van der Waals surface area (Å²) in [5.74, 6) is -0.880. The molecule has 0 aliphatic carbocycles. The van der Waals surface area contributed by atoms with Crippen LogP contribution in [-0.2, 0) is 11.3 Å². The van der Waals surface area contributed by atoms with Gasteiger partial charge in [0.05, 0.1) is 5.56 Å². The molecule has 0 radical (unpaired) electrons. The zero-order chi connectivity index (χ0) is 13.8. The number of hydrogen-bond acceptors (Lipinski definition) is 3. The van der Waals surface area contributed by atoms with E-state index in [9.17, 15) is 9.18 Å². The van der Waals surface area contributed by atoms with E-state index >= 15 is 0 Å². The molecule has 0 amide bonds. The number of aryl methyl sites for hydroxylation is 1. The Labute approximate surface area is 110 Å². The maximum Gasteiger partial charge on any atom is 0.338 e. The van der Waals surface area contributed by atoms with Crippen LogP contribution in [0.4, 0.5) is 10.1 Å². The first-order valence-corrected chi connectivity index (χ1v) is 5.84. The van der Waals surface area contributed by atoms with Crippen LogP contribution in [0.2, 0.25) is 0 Å². The minimum Gasteiger partial charge on any atom is -0.457 e. The molecule has 0 heterocycles. The van der Waals surface area contributed by atoms with Crippen molar-refractivity contribution in [3.05, 3.63) is 65.0 Å². The van der Waals surface area contributed by atoms with Crippen LogP contribution in [0, 0.1) is 12.7 Å². The van der Waals surface area contributed by atoms with Crippen LogP contribution in [0.3, 0.4) is 0 Å². The summed E-state index contributed by atoms with van der Waals surface area (Å²) in [6.07, 6.45) is 0. The molecular weight excluding hydrogens is 245 g/mol. The summed E-state index contributed by atoms with van der Waals surface area (Å²) in [5, 5.41) is 0. The van der Waals surface area contributed by atoms with Gasteiger partial charge in [0, 0.05) is 11.3 Å². The van der Waals surface area contributed by atoms with Gasteiger partial charge in [-0.15, -0.1) is 0 Å². The summed E-state index contributed by atoms with van der Waals surface area (Å²) in [6.45, 7) is 1.72. The minimum absolute atomic E-state index is 0.0884. The van der Waals surface area contributed by atoms with Gasteiger partial charge in [0.25, 0.3) is 0 Å². The van der Waals surface area contributed by atoms with Crippen molar-refractivity contribution in [2.24, 2.45) is 0 Å². The standard InChI is InChI=1S/C15H14FNO2/c1-10-8-11(6-7-14(10)17)15(18)19-9-12-4-2-3-5-13(12)16/h2-8H,9,17H2,1H3. The third-order valence-corrected chi connectivity index (χ3v) is 2.82. The Hall–Kier alpha value is -2.36. The first-order chi connectivity index (χ1) is 9.08. The zero-order valence-electron chi connectivity index (χ0n) is 10.5. The summed E-state index contributed by atoms with van der Waals surface area (Å²) in [5.41, 5.74) is 7.85. The van der Waals surface area contributed by atoms with Crippen molar-refractivity contribution in [1.82, 2.24) is 0 Å². The van der Waals surface area contributed by atoms with Crippen molar-refractivity contribution in [1.29, 1.82) is 0 Å². The van der Waals surface area contributed by atoms with E-state index in [1.54, 1.807) is 36.4 Å². The molecule has 2 N–H and O–H groups in total. The molecule has 0 aliphatic rings. The molecule has 2 rings (SSSR count). The molecule has 0 saturated carbocycles. The van der Waals surface area contributed by atoms with Gasteiger partial charge in [0.1, 0.15) is 12.4 Å². The molecular formula is C15H14FNO2. The molecule has 0 bridgehead atoms. The van der Waals surface area contributed by atoms with Crippen LogP contribution >= 0.6 is 0 Å². The second-order valence-electron chi connectivity index (χ2n) is 4.24. The molecule has 3 nitrogen and oxygen atoms in total. The monoisotopic (exact) mass is 259 g/mol. The Morgan fingerprint density at radius 3 is 2.68 bits per heavy atom. The first kappa shape index (κ1) is 13.1. The topological polar surface area (TPSA) is 52.3 Å². The second kappa shape index (κ2) is 5.52. The molecule has 19 heavy (non-hydrogen) atoms. The number of benzene rings is 2. The average molecular weight is 259 g/mol. The number of anilines is 1. The van der Waals surface area contributed by atoms with Crippen molar-refractivity contribution in [3.63, 3.8) is 0 Å². The first-order valence-electron chi connectivity index (χ1n) is 5.84. The summed E-state index contributed by atoms with van der Waals surface area (Å²) < 4.78 is 18.4. The number of carbonyl (C=O) groups is 1. The lowest BCUT2D eigenvalue weighted by Gasteiger charge is -2.07. The molecule has 2 aromatic carbocycles. The fourth-order valence-corrected chi connectivity index (χ4v) is 1.64. The molecule has 0 aliphatic heterocycles. The van der Waals surface area contributed by atoms with E-state index < -0.39 is 5.97 Å². The van der Waals surface area contributed by atoms with Crippen molar-refractivity contribution >= 4 is 11.7 Å². The smallest absolute Gasteiger partial charge is 0.338 e. The fraction of sp³-hybridized carbons (Fsp3) is 0.133. The molecule has 2 aromatic rings. The number of ether oxygens (including phenoxy) is 1. The third kappa shape index (κ3) is 3.10. The maximum atomic E-state index is 13.4. The lowest BCUT2D eigenvalue weighted by Crippen LogP contribution is -2.07. The van der Waals surface area contributed by atoms with Gasteiger partial charge < -0.3 is 10.5 Å². The largest absolute Gasteiger partial charge is 0.457 e. The highest BCUT2D eigenvalue weighted by Crippen LogP contribution is 2.15. The molecule has 0 spiro atoms. The predicted octanol–water partition coefficient (Wildman–Crippen LogP) is 3.07. The van der Waals surface area contributed by atoms with Gasteiger partial charge in [0.15, 0.2) is 0 Å². The van der Waals surface area contributed by atoms with Gasteiger partial charge in [-0.1, -0.05) is 18.2 Å². The van der Waals surface area contributed by atoms with E-state index in [0.29, 0.717) is 16.8 Å². The van der Waals surface area contributed by atoms with Crippen LogP contribution in [0.15, 0.2) is 42.5 Å². The number of halogens is 1. The number of nitrogen functional groups attached to an aromatic ring is 1. The fourth-order valence-electron chi connectivity index (χ4n) is 1.64. The van der Waals surface area contributed by atoms with E-state index in [1.165, 1.54) is 6.07 Å². The summed E-state index contributed by atoms with van der Waals surface area (Å²) in [7, 11) is 0. The van der Waals surface area contributed by atoms with Crippen LogP contribution in [0.25, 0.3) is 0 Å². The van der Waals surface area contributed by atoms with Gasteiger partial charge in [-0.3, -0.25) is 0 Å². The summed E-state index contributed by atoms with van der Waals surface area (Å²) >= 11 is 0. The second-order valence-corrected chi connectivity index (χ2v) is 4.24. The Kier molecular flexibility index (Phi) is 3.80. The molecule has 0 unspecified atom stereocenters. The quantitative estimate of drug-likeness (QED) is 0.680. The number of rotatable bonds is 3. The van der Waals surface area contributed by atoms with E-state index in [2.05, 4.69) is 0 Å². The van der Waals surface area contributed by atoms with Gasteiger partial charge in [-0.05, 0) is 36.8 Å². The number of esters is 1. The molecule has 4 heteroatoms. The van der Waals surface area contributed by atoms with Crippen molar-refractivity contribution in [2.75, 3.05) is 5.73 Å². The Balaban J connectivity index is 2.05. The summed E-state index contributed by atoms with van der Waals surface area (Å²) in [6, 6.07) is 11.1.